The lowest BCUT2D eigenvalue weighted by Gasteiger charge is -2.13. The number of carbonyl (C=O) groups is 1. The van der Waals surface area contributed by atoms with Gasteiger partial charge in [-0.2, -0.15) is 0 Å². The minimum absolute atomic E-state index is 0.140. The van der Waals surface area contributed by atoms with Crippen molar-refractivity contribution >= 4 is 45.2 Å². The van der Waals surface area contributed by atoms with E-state index in [4.69, 9.17) is 26.4 Å². The van der Waals surface area contributed by atoms with Crippen molar-refractivity contribution in [1.29, 1.82) is 0 Å². The van der Waals surface area contributed by atoms with Crippen molar-refractivity contribution < 1.29 is 19.0 Å². The third-order valence-electron chi connectivity index (χ3n) is 4.50. The van der Waals surface area contributed by atoms with E-state index in [-0.39, 0.29) is 5.91 Å². The first kappa shape index (κ1) is 22.3. The van der Waals surface area contributed by atoms with Gasteiger partial charge in [-0.25, -0.2) is 0 Å². The molecule has 1 heterocycles. The van der Waals surface area contributed by atoms with E-state index in [1.54, 1.807) is 25.2 Å². The fraction of sp³-hybridized carbons (Fsp3) is 0.273. The molecule has 1 aliphatic heterocycles. The van der Waals surface area contributed by atoms with E-state index in [1.165, 1.54) is 0 Å². The molecule has 1 amide bonds. The summed E-state index contributed by atoms with van der Waals surface area (Å²) in [5, 5.41) is 3.41. The maximum Gasteiger partial charge on any atom is 0.276 e. The number of benzene rings is 2. The summed E-state index contributed by atoms with van der Waals surface area (Å²) in [6.45, 7) is 1.43. The standard InChI is InChI=1S/C22H23BrN2O4S/c1-27-10-4-9-25-21(26)19(24-22(25)30)12-15-7-8-20(28-2)16(11-15)14-29-18-6-3-5-17(23)13-18/h3,5-8,11-13H,4,9-10,14H2,1-2H3,(H,24,30)/b19-12+. The number of hydrogen-bond acceptors (Lipinski definition) is 5. The Hall–Kier alpha value is -2.42. The van der Waals surface area contributed by atoms with Crippen molar-refractivity contribution in [3.8, 4) is 11.5 Å². The van der Waals surface area contributed by atoms with E-state index >= 15 is 0 Å². The summed E-state index contributed by atoms with van der Waals surface area (Å²) in [4.78, 5) is 14.2. The Kier molecular flexibility index (Phi) is 7.84. The highest BCUT2D eigenvalue weighted by Crippen LogP contribution is 2.25. The predicted octanol–water partition coefficient (Wildman–Crippen LogP) is 4.13. The first-order chi connectivity index (χ1) is 14.5. The number of halogens is 1. The van der Waals surface area contributed by atoms with Gasteiger partial charge in [-0.3, -0.25) is 9.69 Å². The van der Waals surface area contributed by atoms with Gasteiger partial charge in [0.25, 0.3) is 5.91 Å². The van der Waals surface area contributed by atoms with Crippen LogP contribution in [-0.4, -0.2) is 43.3 Å². The number of methoxy groups -OCH3 is 2. The molecule has 6 nitrogen and oxygen atoms in total. The summed E-state index contributed by atoms with van der Waals surface area (Å²) in [5.41, 5.74) is 2.17. The molecule has 8 heteroatoms. The normalized spacial score (nSPS) is 14.9. The molecule has 1 aliphatic rings. The van der Waals surface area contributed by atoms with Crippen molar-refractivity contribution in [3.63, 3.8) is 0 Å². The van der Waals surface area contributed by atoms with Gasteiger partial charge in [0, 0.05) is 30.3 Å². The van der Waals surface area contributed by atoms with Crippen LogP contribution in [0.5, 0.6) is 11.5 Å². The Morgan fingerprint density at radius 2 is 2.03 bits per heavy atom. The van der Waals surface area contributed by atoms with Crippen LogP contribution in [0.2, 0.25) is 0 Å². The SMILES string of the molecule is COCCCN1C(=O)/C(=C\c2ccc(OC)c(COc3cccc(Br)c3)c2)NC1=S. The average Bonchev–Trinajstić information content (AvgIpc) is 3.00. The zero-order valence-electron chi connectivity index (χ0n) is 16.8. The zero-order valence-corrected chi connectivity index (χ0v) is 19.2. The van der Waals surface area contributed by atoms with Crippen LogP contribution in [0.1, 0.15) is 17.5 Å². The maximum atomic E-state index is 12.7. The summed E-state index contributed by atoms with van der Waals surface area (Å²) in [6, 6.07) is 13.3. The average molecular weight is 491 g/mol. The van der Waals surface area contributed by atoms with Crippen molar-refractivity contribution in [3.05, 3.63) is 63.8 Å². The summed E-state index contributed by atoms with van der Waals surface area (Å²) >= 11 is 8.74. The molecule has 2 aromatic rings. The number of carbonyl (C=O) groups excluding carboxylic acids is 1. The topological polar surface area (TPSA) is 60.0 Å². The smallest absolute Gasteiger partial charge is 0.276 e. The summed E-state index contributed by atoms with van der Waals surface area (Å²) < 4.78 is 17.4. The Morgan fingerprint density at radius 3 is 2.77 bits per heavy atom. The highest BCUT2D eigenvalue weighted by atomic mass is 79.9. The minimum atomic E-state index is -0.140. The summed E-state index contributed by atoms with van der Waals surface area (Å²) in [6.07, 6.45) is 2.50. The Bertz CT molecular complexity index is 964. The highest BCUT2D eigenvalue weighted by Gasteiger charge is 2.30. The van der Waals surface area contributed by atoms with Gasteiger partial charge in [-0.15, -0.1) is 0 Å². The van der Waals surface area contributed by atoms with Crippen LogP contribution in [0.3, 0.4) is 0 Å². The number of thiocarbonyl (C=S) groups is 1. The zero-order chi connectivity index (χ0) is 21.5. The van der Waals surface area contributed by atoms with E-state index in [1.807, 2.05) is 42.5 Å². The minimum Gasteiger partial charge on any atom is -0.496 e. The largest absolute Gasteiger partial charge is 0.496 e. The van der Waals surface area contributed by atoms with Crippen LogP contribution in [-0.2, 0) is 16.1 Å². The van der Waals surface area contributed by atoms with E-state index in [9.17, 15) is 4.79 Å². The van der Waals surface area contributed by atoms with Crippen LogP contribution in [0.25, 0.3) is 6.08 Å². The van der Waals surface area contributed by atoms with Crippen molar-refractivity contribution in [2.24, 2.45) is 0 Å². The van der Waals surface area contributed by atoms with Gasteiger partial charge in [0.1, 0.15) is 23.8 Å². The maximum absolute atomic E-state index is 12.7. The molecule has 2 aromatic carbocycles. The number of nitrogens with one attached hydrogen (secondary N) is 1. The molecular weight excluding hydrogens is 468 g/mol. The summed E-state index contributed by atoms with van der Waals surface area (Å²) in [5.74, 6) is 1.33. The molecule has 1 N–H and O–H groups in total. The third-order valence-corrected chi connectivity index (χ3v) is 5.31. The van der Waals surface area contributed by atoms with Gasteiger partial charge < -0.3 is 19.5 Å². The second kappa shape index (κ2) is 10.6. The Labute approximate surface area is 189 Å². The van der Waals surface area contributed by atoms with Gasteiger partial charge in [-0.1, -0.05) is 28.1 Å². The molecule has 0 saturated carbocycles. The Balaban J connectivity index is 1.75. The molecule has 1 fully saturated rings. The fourth-order valence-electron chi connectivity index (χ4n) is 3.03. The lowest BCUT2D eigenvalue weighted by atomic mass is 10.1. The monoisotopic (exact) mass is 490 g/mol. The van der Waals surface area contributed by atoms with E-state index < -0.39 is 0 Å². The number of hydrogen-bond donors (Lipinski definition) is 1. The van der Waals surface area contributed by atoms with Crippen molar-refractivity contribution in [2.45, 2.75) is 13.0 Å². The molecule has 0 bridgehead atoms. The van der Waals surface area contributed by atoms with Crippen LogP contribution in [0.4, 0.5) is 0 Å². The quantitative estimate of drug-likeness (QED) is 0.324. The number of amides is 1. The second-order valence-electron chi connectivity index (χ2n) is 6.61. The van der Waals surface area contributed by atoms with Crippen LogP contribution in [0.15, 0.2) is 52.6 Å². The molecule has 3 rings (SSSR count). The molecule has 0 spiro atoms. The van der Waals surface area contributed by atoms with Crippen molar-refractivity contribution in [2.75, 3.05) is 27.4 Å². The van der Waals surface area contributed by atoms with Gasteiger partial charge in [0.05, 0.1) is 7.11 Å². The van der Waals surface area contributed by atoms with Crippen LogP contribution in [0, 0.1) is 0 Å². The molecule has 0 atom stereocenters. The van der Waals surface area contributed by atoms with Crippen LogP contribution >= 0.6 is 28.1 Å². The number of nitrogens with zero attached hydrogens (tertiary/aromatic N) is 1. The lowest BCUT2D eigenvalue weighted by molar-refractivity contribution is -0.122. The van der Waals surface area contributed by atoms with Gasteiger partial charge in [0.15, 0.2) is 5.11 Å². The van der Waals surface area contributed by atoms with E-state index in [0.29, 0.717) is 30.6 Å². The molecule has 0 unspecified atom stereocenters. The van der Waals surface area contributed by atoms with Gasteiger partial charge in [0.2, 0.25) is 0 Å². The number of rotatable bonds is 9. The first-order valence-corrected chi connectivity index (χ1v) is 10.6. The summed E-state index contributed by atoms with van der Waals surface area (Å²) in [7, 11) is 3.25. The Morgan fingerprint density at radius 1 is 1.20 bits per heavy atom. The molecule has 0 radical (unpaired) electrons. The third kappa shape index (κ3) is 5.59. The second-order valence-corrected chi connectivity index (χ2v) is 7.91. The molecular formula is C22H23BrN2O4S. The van der Waals surface area contributed by atoms with Gasteiger partial charge >= 0.3 is 0 Å². The number of ether oxygens (including phenoxy) is 3. The van der Waals surface area contributed by atoms with Crippen molar-refractivity contribution in [1.82, 2.24) is 10.2 Å². The lowest BCUT2D eigenvalue weighted by Crippen LogP contribution is -2.32. The first-order valence-electron chi connectivity index (χ1n) is 9.40. The molecule has 30 heavy (non-hydrogen) atoms. The van der Waals surface area contributed by atoms with E-state index in [2.05, 4.69) is 21.2 Å². The molecule has 1 saturated heterocycles. The molecule has 158 valence electrons. The van der Waals surface area contributed by atoms with Gasteiger partial charge in [-0.05, 0) is 60.6 Å². The highest BCUT2D eigenvalue weighted by molar-refractivity contribution is 9.10. The fourth-order valence-corrected chi connectivity index (χ4v) is 3.69. The predicted molar refractivity (Wildman–Crippen MR) is 123 cm³/mol. The molecule has 0 aromatic heterocycles. The molecule has 0 aliphatic carbocycles. The van der Waals surface area contributed by atoms with Crippen LogP contribution < -0.4 is 14.8 Å². The van der Waals surface area contributed by atoms with E-state index in [0.717, 1.165) is 33.5 Å².